The number of hydrogen-bond donors (Lipinski definition) is 1. The number of carbonyl (C=O) groups is 1. The molecule has 12 heteroatoms. The first-order valence-corrected chi connectivity index (χ1v) is 9.75. The lowest BCUT2D eigenvalue weighted by Gasteiger charge is -2.27. The molecule has 0 spiro atoms. The highest BCUT2D eigenvalue weighted by Gasteiger charge is 2.76. The van der Waals surface area contributed by atoms with Crippen LogP contribution in [0.5, 0.6) is 11.5 Å². The molecule has 0 aliphatic carbocycles. The molecule has 3 aromatic rings. The van der Waals surface area contributed by atoms with Crippen LogP contribution in [-0.4, -0.2) is 43.1 Å². The molecule has 0 unspecified atom stereocenters. The van der Waals surface area contributed by atoms with Crippen LogP contribution in [0.3, 0.4) is 0 Å². The molecule has 0 saturated carbocycles. The SMILES string of the molecule is COc1ccc(OC)c(-c2cccc(-c3cccc(NC(=O)C(F)(F)C(F)(F)C(F)(F)F)c3)n2)c1. The van der Waals surface area contributed by atoms with Gasteiger partial charge in [-0.05, 0) is 42.5 Å². The molecule has 0 atom stereocenters. The molecule has 1 amide bonds. The Morgan fingerprint density at radius 3 is 2.11 bits per heavy atom. The van der Waals surface area contributed by atoms with E-state index >= 15 is 0 Å². The molecule has 1 heterocycles. The summed E-state index contributed by atoms with van der Waals surface area (Å²) in [5, 5.41) is 1.42. The first-order chi connectivity index (χ1) is 16.3. The van der Waals surface area contributed by atoms with E-state index in [4.69, 9.17) is 9.47 Å². The fourth-order valence-electron chi connectivity index (χ4n) is 3.05. The lowest BCUT2D eigenvalue weighted by Crippen LogP contribution is -2.57. The Hall–Kier alpha value is -3.83. The summed E-state index contributed by atoms with van der Waals surface area (Å²) >= 11 is 0. The first kappa shape index (κ1) is 25.8. The molecule has 0 saturated heterocycles. The fraction of sp³-hybridized carbons (Fsp3) is 0.217. The number of nitrogens with one attached hydrogen (secondary N) is 1. The number of nitrogens with zero attached hydrogens (tertiary/aromatic N) is 1. The maximum absolute atomic E-state index is 13.7. The number of hydrogen-bond acceptors (Lipinski definition) is 4. The zero-order chi connectivity index (χ0) is 26.0. The van der Waals surface area contributed by atoms with Crippen molar-refractivity contribution in [3.8, 4) is 34.0 Å². The van der Waals surface area contributed by atoms with Crippen LogP contribution < -0.4 is 14.8 Å². The normalized spacial score (nSPS) is 12.3. The summed E-state index contributed by atoms with van der Waals surface area (Å²) in [6.07, 6.45) is -6.62. The molecular formula is C23H17F7N2O3. The van der Waals surface area contributed by atoms with Crippen molar-refractivity contribution in [2.75, 3.05) is 19.5 Å². The first-order valence-electron chi connectivity index (χ1n) is 9.75. The number of methoxy groups -OCH3 is 2. The van der Waals surface area contributed by atoms with E-state index < -0.39 is 29.6 Å². The third-order valence-corrected chi connectivity index (χ3v) is 4.88. The summed E-state index contributed by atoms with van der Waals surface area (Å²) < 4.78 is 101. The third kappa shape index (κ3) is 5.00. The molecule has 1 aromatic heterocycles. The summed E-state index contributed by atoms with van der Waals surface area (Å²) in [6, 6.07) is 14.8. The van der Waals surface area contributed by atoms with Gasteiger partial charge in [0.25, 0.3) is 0 Å². The number of benzene rings is 2. The predicted molar refractivity (Wildman–Crippen MR) is 113 cm³/mol. The summed E-state index contributed by atoms with van der Waals surface area (Å²) in [7, 11) is 2.93. The van der Waals surface area contributed by atoms with Crippen LogP contribution in [-0.2, 0) is 4.79 Å². The second kappa shape index (κ2) is 9.43. The van der Waals surface area contributed by atoms with Gasteiger partial charge in [0.05, 0.1) is 25.6 Å². The van der Waals surface area contributed by atoms with E-state index in [2.05, 4.69) is 4.98 Å². The average molecular weight is 502 g/mol. The molecule has 0 bridgehead atoms. The van der Waals surface area contributed by atoms with E-state index in [0.29, 0.717) is 22.8 Å². The Bertz CT molecular complexity index is 1230. The van der Waals surface area contributed by atoms with Gasteiger partial charge < -0.3 is 14.8 Å². The van der Waals surface area contributed by atoms with Crippen LogP contribution >= 0.6 is 0 Å². The van der Waals surface area contributed by atoms with Crippen LogP contribution in [0.15, 0.2) is 60.7 Å². The second-order valence-corrected chi connectivity index (χ2v) is 7.16. The van der Waals surface area contributed by atoms with Gasteiger partial charge in [-0.1, -0.05) is 18.2 Å². The molecule has 3 rings (SSSR count). The maximum atomic E-state index is 13.7. The van der Waals surface area contributed by atoms with Crippen LogP contribution in [0.1, 0.15) is 0 Å². The Labute approximate surface area is 194 Å². The molecule has 35 heavy (non-hydrogen) atoms. The van der Waals surface area contributed by atoms with E-state index in [1.165, 1.54) is 31.7 Å². The number of anilines is 1. The van der Waals surface area contributed by atoms with E-state index in [0.717, 1.165) is 12.1 Å². The number of amides is 1. The molecule has 0 fully saturated rings. The van der Waals surface area contributed by atoms with Crippen molar-refractivity contribution in [1.82, 2.24) is 4.98 Å². The Morgan fingerprint density at radius 2 is 1.49 bits per heavy atom. The quantitative estimate of drug-likeness (QED) is 0.391. The van der Waals surface area contributed by atoms with E-state index in [1.807, 2.05) is 0 Å². The molecule has 0 aliphatic heterocycles. The van der Waals surface area contributed by atoms with Crippen molar-refractivity contribution < 1.29 is 45.0 Å². The van der Waals surface area contributed by atoms with Gasteiger partial charge in [0.15, 0.2) is 0 Å². The number of pyridine rings is 1. The van der Waals surface area contributed by atoms with Crippen LogP contribution in [0, 0.1) is 0 Å². The fourth-order valence-corrected chi connectivity index (χ4v) is 3.05. The highest BCUT2D eigenvalue weighted by Crippen LogP contribution is 2.47. The summed E-state index contributed by atoms with van der Waals surface area (Å²) in [4.78, 5) is 16.1. The summed E-state index contributed by atoms with van der Waals surface area (Å²) in [6.45, 7) is 0. The van der Waals surface area contributed by atoms with Gasteiger partial charge in [-0.3, -0.25) is 4.79 Å². The third-order valence-electron chi connectivity index (χ3n) is 4.88. The van der Waals surface area contributed by atoms with Gasteiger partial charge >= 0.3 is 23.9 Å². The number of alkyl halides is 7. The predicted octanol–water partition coefficient (Wildman–Crippen LogP) is 6.20. The molecule has 0 radical (unpaired) electrons. The molecule has 2 aromatic carbocycles. The van der Waals surface area contributed by atoms with Crippen molar-refractivity contribution in [2.45, 2.75) is 18.0 Å². The van der Waals surface area contributed by atoms with Crippen molar-refractivity contribution >= 4 is 11.6 Å². The lowest BCUT2D eigenvalue weighted by molar-refractivity contribution is -0.343. The monoisotopic (exact) mass is 502 g/mol. The van der Waals surface area contributed by atoms with E-state index in [-0.39, 0.29) is 11.3 Å². The number of carbonyl (C=O) groups excluding carboxylic acids is 1. The molecule has 0 aliphatic rings. The van der Waals surface area contributed by atoms with Crippen molar-refractivity contribution in [3.63, 3.8) is 0 Å². The minimum absolute atomic E-state index is 0.261. The second-order valence-electron chi connectivity index (χ2n) is 7.16. The highest BCUT2D eigenvalue weighted by molar-refractivity contribution is 5.97. The standard InChI is InChI=1S/C23H17F7N2O3/c1-34-15-9-10-19(35-2)16(12-15)18-8-4-7-17(32-18)13-5-3-6-14(11-13)31-20(33)21(24,25)22(26,27)23(28,29)30/h3-12H,1-2H3,(H,31,33). The average Bonchev–Trinajstić information content (AvgIpc) is 2.83. The zero-order valence-electron chi connectivity index (χ0n) is 18.1. The van der Waals surface area contributed by atoms with Gasteiger partial charge in [0.1, 0.15) is 11.5 Å². The Balaban J connectivity index is 1.93. The van der Waals surface area contributed by atoms with Gasteiger partial charge in [-0.15, -0.1) is 0 Å². The van der Waals surface area contributed by atoms with Gasteiger partial charge in [-0.2, -0.15) is 30.7 Å². The molecule has 1 N–H and O–H groups in total. The van der Waals surface area contributed by atoms with Crippen LogP contribution in [0.25, 0.3) is 22.5 Å². The zero-order valence-corrected chi connectivity index (χ0v) is 18.1. The summed E-state index contributed by atoms with van der Waals surface area (Å²) in [5.74, 6) is -14.4. The molecular weight excluding hydrogens is 485 g/mol. The van der Waals surface area contributed by atoms with Crippen LogP contribution in [0.4, 0.5) is 36.4 Å². The van der Waals surface area contributed by atoms with Gasteiger partial charge in [0, 0.05) is 16.8 Å². The number of rotatable bonds is 7. The van der Waals surface area contributed by atoms with Crippen molar-refractivity contribution in [2.24, 2.45) is 0 Å². The van der Waals surface area contributed by atoms with Gasteiger partial charge in [-0.25, -0.2) is 4.98 Å². The maximum Gasteiger partial charge on any atom is 0.460 e. The Kier molecular flexibility index (Phi) is 6.95. The van der Waals surface area contributed by atoms with Crippen molar-refractivity contribution in [3.05, 3.63) is 60.7 Å². The highest BCUT2D eigenvalue weighted by atomic mass is 19.4. The lowest BCUT2D eigenvalue weighted by atomic mass is 10.1. The smallest absolute Gasteiger partial charge is 0.460 e. The molecule has 186 valence electrons. The number of halogens is 7. The topological polar surface area (TPSA) is 60.5 Å². The number of aromatic nitrogens is 1. The minimum Gasteiger partial charge on any atom is -0.497 e. The van der Waals surface area contributed by atoms with Crippen LogP contribution in [0.2, 0.25) is 0 Å². The van der Waals surface area contributed by atoms with Crippen molar-refractivity contribution in [1.29, 1.82) is 0 Å². The Morgan fingerprint density at radius 1 is 0.829 bits per heavy atom. The summed E-state index contributed by atoms with van der Waals surface area (Å²) in [5.41, 5.74) is 1.11. The number of ether oxygens (including phenoxy) is 2. The van der Waals surface area contributed by atoms with E-state index in [1.54, 1.807) is 36.4 Å². The molecule has 5 nitrogen and oxygen atoms in total. The van der Waals surface area contributed by atoms with Gasteiger partial charge in [0.2, 0.25) is 0 Å². The largest absolute Gasteiger partial charge is 0.497 e. The minimum atomic E-state index is -6.62. The van der Waals surface area contributed by atoms with E-state index in [9.17, 15) is 35.5 Å².